The summed E-state index contributed by atoms with van der Waals surface area (Å²) in [7, 11) is 1.65. The molecule has 0 atom stereocenters. The van der Waals surface area contributed by atoms with E-state index in [1.54, 1.807) is 21.0 Å². The Morgan fingerprint density at radius 2 is 2.06 bits per heavy atom. The van der Waals surface area contributed by atoms with Crippen LogP contribution in [-0.4, -0.2) is 16.8 Å². The van der Waals surface area contributed by atoms with Crippen LogP contribution in [0.5, 0.6) is 5.75 Å². The molecule has 2 aromatic rings. The molecule has 3 heteroatoms. The van der Waals surface area contributed by atoms with Crippen LogP contribution in [-0.2, 0) is 12.1 Å². The van der Waals surface area contributed by atoms with Crippen LogP contribution in [0.2, 0.25) is 0 Å². The maximum atomic E-state index is 10.2. The number of aromatic nitrogens is 1. The van der Waals surface area contributed by atoms with Gasteiger partial charge in [0.05, 0.1) is 12.7 Å². The summed E-state index contributed by atoms with van der Waals surface area (Å²) in [5.41, 5.74) is 1.23. The molecular formula is C14H19NO2. The van der Waals surface area contributed by atoms with E-state index < -0.39 is 5.60 Å². The lowest BCUT2D eigenvalue weighted by Gasteiger charge is -2.16. The van der Waals surface area contributed by atoms with Crippen molar-refractivity contribution in [3.8, 4) is 5.75 Å². The lowest BCUT2D eigenvalue weighted by molar-refractivity contribution is 0.0800. The van der Waals surface area contributed by atoms with Gasteiger partial charge in [0.2, 0.25) is 0 Å². The van der Waals surface area contributed by atoms with Gasteiger partial charge in [0.15, 0.2) is 0 Å². The SMILES string of the molecule is CCn1cc(C(C)(C)O)c2cc(OC)ccc21. The predicted molar refractivity (Wildman–Crippen MR) is 69.4 cm³/mol. The lowest BCUT2D eigenvalue weighted by atomic mass is 9.98. The Bertz CT molecular complexity index is 535. The zero-order chi connectivity index (χ0) is 12.6. The number of aryl methyl sites for hydroxylation is 1. The fourth-order valence-corrected chi connectivity index (χ4v) is 2.15. The molecule has 0 amide bonds. The number of ether oxygens (including phenoxy) is 1. The van der Waals surface area contributed by atoms with Gasteiger partial charge in [-0.3, -0.25) is 0 Å². The third kappa shape index (κ3) is 2.03. The van der Waals surface area contributed by atoms with E-state index in [0.29, 0.717) is 0 Å². The molecule has 1 N–H and O–H groups in total. The van der Waals surface area contributed by atoms with Crippen molar-refractivity contribution in [2.24, 2.45) is 0 Å². The molecule has 1 heterocycles. The van der Waals surface area contributed by atoms with Gasteiger partial charge in [0.1, 0.15) is 5.75 Å². The van der Waals surface area contributed by atoms with Crippen molar-refractivity contribution in [3.63, 3.8) is 0 Å². The predicted octanol–water partition coefficient (Wildman–Crippen LogP) is 2.90. The van der Waals surface area contributed by atoms with Gasteiger partial charge in [0, 0.05) is 29.2 Å². The summed E-state index contributed by atoms with van der Waals surface area (Å²) in [6.07, 6.45) is 2.02. The molecule has 0 spiro atoms. The number of hydrogen-bond acceptors (Lipinski definition) is 2. The summed E-state index contributed by atoms with van der Waals surface area (Å²) in [4.78, 5) is 0. The van der Waals surface area contributed by atoms with Gasteiger partial charge in [-0.2, -0.15) is 0 Å². The smallest absolute Gasteiger partial charge is 0.119 e. The first-order valence-corrected chi connectivity index (χ1v) is 5.87. The third-order valence-electron chi connectivity index (χ3n) is 3.09. The van der Waals surface area contributed by atoms with Crippen molar-refractivity contribution >= 4 is 10.9 Å². The molecule has 92 valence electrons. The summed E-state index contributed by atoms with van der Waals surface area (Å²) in [6, 6.07) is 5.96. The Balaban J connectivity index is 2.75. The summed E-state index contributed by atoms with van der Waals surface area (Å²) in [5, 5.41) is 11.3. The number of benzene rings is 1. The van der Waals surface area contributed by atoms with Crippen LogP contribution in [0.25, 0.3) is 10.9 Å². The van der Waals surface area contributed by atoms with Crippen LogP contribution in [0.15, 0.2) is 24.4 Å². The highest BCUT2D eigenvalue weighted by atomic mass is 16.5. The number of hydrogen-bond donors (Lipinski definition) is 1. The molecule has 0 fully saturated rings. The third-order valence-corrected chi connectivity index (χ3v) is 3.09. The largest absolute Gasteiger partial charge is 0.497 e. The zero-order valence-electron chi connectivity index (χ0n) is 10.8. The summed E-state index contributed by atoms with van der Waals surface area (Å²) in [5.74, 6) is 0.817. The summed E-state index contributed by atoms with van der Waals surface area (Å²) in [6.45, 7) is 6.60. The monoisotopic (exact) mass is 233 g/mol. The van der Waals surface area contributed by atoms with Gasteiger partial charge in [-0.15, -0.1) is 0 Å². The fraction of sp³-hybridized carbons (Fsp3) is 0.429. The first-order chi connectivity index (χ1) is 7.97. The average molecular weight is 233 g/mol. The molecule has 3 nitrogen and oxygen atoms in total. The molecule has 17 heavy (non-hydrogen) atoms. The first-order valence-electron chi connectivity index (χ1n) is 5.87. The van der Waals surface area contributed by atoms with Crippen molar-refractivity contribution in [2.45, 2.75) is 32.9 Å². The molecule has 1 aromatic carbocycles. The molecule has 0 saturated carbocycles. The quantitative estimate of drug-likeness (QED) is 0.884. The van der Waals surface area contributed by atoms with Crippen LogP contribution in [0, 0.1) is 0 Å². The van der Waals surface area contributed by atoms with E-state index in [2.05, 4.69) is 11.5 Å². The minimum Gasteiger partial charge on any atom is -0.497 e. The summed E-state index contributed by atoms with van der Waals surface area (Å²) < 4.78 is 7.38. The molecule has 0 aliphatic rings. The van der Waals surface area contributed by atoms with Gasteiger partial charge in [-0.1, -0.05) is 0 Å². The standard InChI is InChI=1S/C14H19NO2/c1-5-15-9-12(14(2,3)16)11-8-10(17-4)6-7-13(11)15/h6-9,16H,5H2,1-4H3. The van der Waals surface area contributed by atoms with Crippen LogP contribution < -0.4 is 4.74 Å². The molecule has 0 aliphatic carbocycles. The molecule has 2 rings (SSSR count). The van der Waals surface area contributed by atoms with Crippen molar-refractivity contribution in [2.75, 3.05) is 7.11 Å². The Kier molecular flexibility index (Phi) is 2.87. The second-order valence-corrected chi connectivity index (χ2v) is 4.77. The average Bonchev–Trinajstić information content (AvgIpc) is 2.66. The fourth-order valence-electron chi connectivity index (χ4n) is 2.15. The number of fused-ring (bicyclic) bond motifs is 1. The number of nitrogens with zero attached hydrogens (tertiary/aromatic N) is 1. The first kappa shape index (κ1) is 12.0. The number of aliphatic hydroxyl groups is 1. The van der Waals surface area contributed by atoms with Crippen molar-refractivity contribution in [3.05, 3.63) is 30.0 Å². The van der Waals surface area contributed by atoms with Crippen LogP contribution in [0.1, 0.15) is 26.3 Å². The highest BCUT2D eigenvalue weighted by Crippen LogP contribution is 2.32. The van der Waals surface area contributed by atoms with Gasteiger partial charge in [-0.05, 0) is 39.0 Å². The van der Waals surface area contributed by atoms with Crippen LogP contribution in [0.4, 0.5) is 0 Å². The molecular weight excluding hydrogens is 214 g/mol. The molecule has 0 bridgehead atoms. The molecule has 0 saturated heterocycles. The normalized spacial score (nSPS) is 12.1. The molecule has 0 radical (unpaired) electrons. The molecule has 0 aliphatic heterocycles. The second kappa shape index (κ2) is 4.08. The van der Waals surface area contributed by atoms with E-state index in [4.69, 9.17) is 4.74 Å². The lowest BCUT2D eigenvalue weighted by Crippen LogP contribution is -2.14. The van der Waals surface area contributed by atoms with Crippen LogP contribution >= 0.6 is 0 Å². The topological polar surface area (TPSA) is 34.4 Å². The second-order valence-electron chi connectivity index (χ2n) is 4.77. The maximum Gasteiger partial charge on any atom is 0.119 e. The van der Waals surface area contributed by atoms with E-state index >= 15 is 0 Å². The van der Waals surface area contributed by atoms with Gasteiger partial charge >= 0.3 is 0 Å². The van der Waals surface area contributed by atoms with Crippen molar-refractivity contribution in [1.82, 2.24) is 4.57 Å². The minimum absolute atomic E-state index is 0.817. The van der Waals surface area contributed by atoms with Gasteiger partial charge < -0.3 is 14.4 Å². The van der Waals surface area contributed by atoms with E-state index in [-0.39, 0.29) is 0 Å². The Labute approximate surface area is 102 Å². The van der Waals surface area contributed by atoms with E-state index in [0.717, 1.165) is 28.8 Å². The minimum atomic E-state index is -0.842. The van der Waals surface area contributed by atoms with E-state index in [1.165, 1.54) is 0 Å². The van der Waals surface area contributed by atoms with Crippen molar-refractivity contribution < 1.29 is 9.84 Å². The van der Waals surface area contributed by atoms with Gasteiger partial charge in [-0.25, -0.2) is 0 Å². The Morgan fingerprint density at radius 1 is 1.35 bits per heavy atom. The van der Waals surface area contributed by atoms with Crippen molar-refractivity contribution in [1.29, 1.82) is 0 Å². The van der Waals surface area contributed by atoms with Crippen LogP contribution in [0.3, 0.4) is 0 Å². The van der Waals surface area contributed by atoms with E-state index in [9.17, 15) is 5.11 Å². The highest BCUT2D eigenvalue weighted by molar-refractivity contribution is 5.86. The summed E-state index contributed by atoms with van der Waals surface area (Å²) >= 11 is 0. The number of methoxy groups -OCH3 is 1. The van der Waals surface area contributed by atoms with Gasteiger partial charge in [0.25, 0.3) is 0 Å². The zero-order valence-corrected chi connectivity index (χ0v) is 10.8. The Hall–Kier alpha value is -1.48. The van der Waals surface area contributed by atoms with E-state index in [1.807, 2.05) is 24.4 Å². The number of rotatable bonds is 3. The Morgan fingerprint density at radius 3 is 2.59 bits per heavy atom. The molecule has 0 unspecified atom stereocenters. The maximum absolute atomic E-state index is 10.2. The highest BCUT2D eigenvalue weighted by Gasteiger charge is 2.22. The molecule has 1 aromatic heterocycles.